The van der Waals surface area contributed by atoms with E-state index in [2.05, 4.69) is 15.2 Å². The second kappa shape index (κ2) is 3.89. The van der Waals surface area contributed by atoms with Gasteiger partial charge >= 0.3 is 58.2 Å². The van der Waals surface area contributed by atoms with E-state index < -0.39 is 0 Å². The van der Waals surface area contributed by atoms with E-state index in [0.717, 1.165) is 5.82 Å². The van der Waals surface area contributed by atoms with Crippen molar-refractivity contribution in [2.24, 2.45) is 0 Å². The third-order valence-corrected chi connectivity index (χ3v) is 0.499. The molecule has 0 N–H and O–H groups in total. The fourth-order valence-corrected chi connectivity index (χ4v) is 0.245. The molecule has 0 aromatic carbocycles. The zero-order valence-electron chi connectivity index (χ0n) is 4.42. The molecular formula is C3H4N3Rb. The molecule has 0 radical (unpaired) electrons. The minimum Gasteiger partial charge on any atom is -0.429 e. The summed E-state index contributed by atoms with van der Waals surface area (Å²) in [6, 6.07) is 0. The predicted molar refractivity (Wildman–Crippen MR) is 20.1 cm³/mol. The van der Waals surface area contributed by atoms with Gasteiger partial charge < -0.3 is 10.1 Å². The van der Waals surface area contributed by atoms with Crippen molar-refractivity contribution in [3.8, 4) is 0 Å². The van der Waals surface area contributed by atoms with Crippen LogP contribution in [0.15, 0.2) is 6.33 Å². The number of hydrogen-bond donors (Lipinski definition) is 0. The van der Waals surface area contributed by atoms with Crippen LogP contribution in [0, 0.1) is 6.92 Å². The van der Waals surface area contributed by atoms with Crippen LogP contribution in [0.5, 0.6) is 0 Å². The summed E-state index contributed by atoms with van der Waals surface area (Å²) in [5, 5.41) is 7.02. The Labute approximate surface area is 90.7 Å². The summed E-state index contributed by atoms with van der Waals surface area (Å²) in [7, 11) is 0. The zero-order chi connectivity index (χ0) is 4.41. The normalized spacial score (nSPS) is 7.57. The Hall–Kier alpha value is 0.945. The van der Waals surface area contributed by atoms with Crippen LogP contribution in [0.2, 0.25) is 0 Å². The van der Waals surface area contributed by atoms with Crippen molar-refractivity contribution in [2.45, 2.75) is 6.92 Å². The van der Waals surface area contributed by atoms with Gasteiger partial charge in [-0.1, -0.05) is 5.82 Å². The second-order valence-electron chi connectivity index (χ2n) is 1.01. The molecule has 0 aliphatic rings. The molecule has 1 aromatic rings. The maximum Gasteiger partial charge on any atom is 1.00 e. The SMILES string of the molecule is Cc1ncn[n-]1.[Rb+]. The van der Waals surface area contributed by atoms with Gasteiger partial charge in [0, 0.05) is 6.33 Å². The van der Waals surface area contributed by atoms with E-state index in [1.54, 1.807) is 6.92 Å². The van der Waals surface area contributed by atoms with Crippen molar-refractivity contribution in [2.75, 3.05) is 0 Å². The summed E-state index contributed by atoms with van der Waals surface area (Å²) in [4.78, 5) is 3.69. The molecule has 7 heavy (non-hydrogen) atoms. The van der Waals surface area contributed by atoms with Gasteiger partial charge in [-0.3, -0.25) is 5.10 Å². The smallest absolute Gasteiger partial charge is 0.429 e. The quantitative estimate of drug-likeness (QED) is 0.408. The Morgan fingerprint density at radius 2 is 2.43 bits per heavy atom. The number of rotatable bonds is 0. The molecule has 0 saturated heterocycles. The summed E-state index contributed by atoms with van der Waals surface area (Å²) in [6.45, 7) is 1.80. The molecule has 0 aliphatic heterocycles. The monoisotopic (exact) mass is 167 g/mol. The van der Waals surface area contributed by atoms with Crippen LogP contribution >= 0.6 is 0 Å². The minimum absolute atomic E-state index is 0. The molecule has 0 atom stereocenters. The molecule has 3 nitrogen and oxygen atoms in total. The van der Waals surface area contributed by atoms with Crippen molar-refractivity contribution in [1.29, 1.82) is 0 Å². The fraction of sp³-hybridized carbons (Fsp3) is 0.333. The number of hydrogen-bond acceptors (Lipinski definition) is 2. The van der Waals surface area contributed by atoms with Gasteiger partial charge in [-0.25, -0.2) is 0 Å². The molecular weight excluding hydrogens is 164 g/mol. The van der Waals surface area contributed by atoms with E-state index >= 15 is 0 Å². The molecule has 4 heteroatoms. The Morgan fingerprint density at radius 3 is 2.57 bits per heavy atom. The molecule has 0 spiro atoms. The van der Waals surface area contributed by atoms with Gasteiger partial charge in [0.2, 0.25) is 0 Å². The van der Waals surface area contributed by atoms with Gasteiger partial charge in [0.05, 0.1) is 0 Å². The Bertz CT molecular complexity index is 114. The molecule has 0 amide bonds. The van der Waals surface area contributed by atoms with Crippen LogP contribution in [0.1, 0.15) is 5.82 Å². The maximum atomic E-state index is 3.69. The van der Waals surface area contributed by atoms with Crippen LogP contribution in [0.4, 0.5) is 0 Å². The van der Waals surface area contributed by atoms with E-state index in [1.807, 2.05) is 0 Å². The zero-order valence-corrected chi connectivity index (χ0v) is 9.34. The van der Waals surface area contributed by atoms with Crippen molar-refractivity contribution in [1.82, 2.24) is 15.2 Å². The van der Waals surface area contributed by atoms with Crippen LogP contribution in [-0.2, 0) is 0 Å². The van der Waals surface area contributed by atoms with Gasteiger partial charge in [0.1, 0.15) is 0 Å². The molecule has 0 bridgehead atoms. The van der Waals surface area contributed by atoms with Crippen molar-refractivity contribution in [3.05, 3.63) is 12.2 Å². The minimum atomic E-state index is 0. The summed E-state index contributed by atoms with van der Waals surface area (Å²) in [5.41, 5.74) is 0. The molecule has 0 saturated carbocycles. The van der Waals surface area contributed by atoms with E-state index in [9.17, 15) is 0 Å². The molecule has 1 heterocycles. The van der Waals surface area contributed by atoms with Gasteiger partial charge in [-0.15, -0.1) is 0 Å². The van der Waals surface area contributed by atoms with Crippen LogP contribution in [-0.4, -0.2) is 10.1 Å². The summed E-state index contributed by atoms with van der Waals surface area (Å²) in [5.74, 6) is 0.731. The van der Waals surface area contributed by atoms with Crippen molar-refractivity contribution in [3.63, 3.8) is 0 Å². The third-order valence-electron chi connectivity index (χ3n) is 0.499. The first-order valence-corrected chi connectivity index (χ1v) is 1.66. The molecule has 0 fully saturated rings. The largest absolute Gasteiger partial charge is 1.00 e. The summed E-state index contributed by atoms with van der Waals surface area (Å²) >= 11 is 0. The van der Waals surface area contributed by atoms with Gasteiger partial charge in [-0.05, 0) is 6.92 Å². The first-order valence-electron chi connectivity index (χ1n) is 1.66. The molecule has 0 unspecified atom stereocenters. The van der Waals surface area contributed by atoms with E-state index in [0.29, 0.717) is 0 Å². The van der Waals surface area contributed by atoms with Gasteiger partial charge in [0.15, 0.2) is 0 Å². The standard InChI is InChI=1S/C3H4N3.Rb/c1-3-4-2-5-6-3;/h2H,1H3;/q-1;+1. The van der Waals surface area contributed by atoms with Crippen molar-refractivity contribution >= 4 is 0 Å². The predicted octanol–water partition coefficient (Wildman–Crippen LogP) is -3.25. The van der Waals surface area contributed by atoms with E-state index in [-0.39, 0.29) is 58.2 Å². The fourth-order valence-electron chi connectivity index (χ4n) is 0.245. The van der Waals surface area contributed by atoms with E-state index in [1.165, 1.54) is 6.33 Å². The molecule has 1 rings (SSSR count). The Morgan fingerprint density at radius 1 is 1.71 bits per heavy atom. The average molecular weight is 168 g/mol. The third kappa shape index (κ3) is 2.69. The van der Waals surface area contributed by atoms with Crippen LogP contribution < -0.4 is 63.3 Å². The summed E-state index contributed by atoms with van der Waals surface area (Å²) < 4.78 is 0. The van der Waals surface area contributed by atoms with Crippen LogP contribution in [0.25, 0.3) is 0 Å². The number of nitrogens with zero attached hydrogens (tertiary/aromatic N) is 3. The van der Waals surface area contributed by atoms with Crippen molar-refractivity contribution < 1.29 is 58.2 Å². The Balaban J connectivity index is 0.000000360. The summed E-state index contributed by atoms with van der Waals surface area (Å²) in [6.07, 6.45) is 1.43. The van der Waals surface area contributed by atoms with Gasteiger partial charge in [0.25, 0.3) is 0 Å². The van der Waals surface area contributed by atoms with Gasteiger partial charge in [-0.2, -0.15) is 0 Å². The first-order chi connectivity index (χ1) is 2.89. The second-order valence-corrected chi connectivity index (χ2v) is 1.01. The average Bonchev–Trinajstić information content (AvgIpc) is 1.86. The molecule has 32 valence electrons. The molecule has 0 aliphatic carbocycles. The topological polar surface area (TPSA) is 39.9 Å². The number of aryl methyl sites for hydroxylation is 1. The number of aromatic nitrogens is 3. The maximum absolute atomic E-state index is 3.69. The molecule has 1 aromatic heterocycles. The first kappa shape index (κ1) is 7.95. The van der Waals surface area contributed by atoms with E-state index in [4.69, 9.17) is 0 Å². The Kier molecular flexibility index (Phi) is 4.41. The van der Waals surface area contributed by atoms with Crippen LogP contribution in [0.3, 0.4) is 0 Å².